The van der Waals surface area contributed by atoms with Crippen LogP contribution >= 0.6 is 0 Å². The summed E-state index contributed by atoms with van der Waals surface area (Å²) in [4.78, 5) is 30.0. The van der Waals surface area contributed by atoms with E-state index in [2.05, 4.69) is 0 Å². The van der Waals surface area contributed by atoms with Crippen molar-refractivity contribution >= 4 is 16.9 Å². The fourth-order valence-corrected chi connectivity index (χ4v) is 4.60. The molecule has 0 unspecified atom stereocenters. The number of benzene rings is 3. The van der Waals surface area contributed by atoms with E-state index in [9.17, 15) is 9.59 Å². The van der Waals surface area contributed by atoms with Crippen LogP contribution in [0, 0.1) is 0 Å². The number of fused-ring (bicyclic) bond motifs is 2. The van der Waals surface area contributed by atoms with E-state index >= 15 is 0 Å². The van der Waals surface area contributed by atoms with Crippen LogP contribution in [0.4, 0.5) is 0 Å². The molecule has 1 amide bonds. The van der Waals surface area contributed by atoms with Crippen molar-refractivity contribution in [2.75, 3.05) is 34.3 Å². The first kappa shape index (κ1) is 23.6. The first-order valence-electron chi connectivity index (χ1n) is 12.0. The van der Waals surface area contributed by atoms with Crippen LogP contribution in [0.3, 0.4) is 0 Å². The lowest BCUT2D eigenvalue weighted by Crippen LogP contribution is -3.06. The molecule has 4 aromatic rings. The van der Waals surface area contributed by atoms with Gasteiger partial charge in [0, 0.05) is 0 Å². The molecule has 2 heterocycles. The molecule has 0 aliphatic carbocycles. The summed E-state index contributed by atoms with van der Waals surface area (Å²) < 4.78 is 17.7. The van der Waals surface area contributed by atoms with Gasteiger partial charge >= 0.3 is 0 Å². The summed E-state index contributed by atoms with van der Waals surface area (Å²) in [6.45, 7) is 1.59. The van der Waals surface area contributed by atoms with Crippen molar-refractivity contribution in [3.05, 3.63) is 105 Å². The van der Waals surface area contributed by atoms with Crippen LogP contribution in [0.25, 0.3) is 11.0 Å². The Morgan fingerprint density at radius 2 is 1.69 bits per heavy atom. The topological polar surface area (TPSA) is 73.4 Å². The third-order valence-corrected chi connectivity index (χ3v) is 6.47. The molecule has 1 N–H and O–H groups in total. The van der Waals surface area contributed by atoms with Gasteiger partial charge in [-0.15, -0.1) is 0 Å². The number of quaternary nitrogens is 1. The predicted molar refractivity (Wildman–Crippen MR) is 137 cm³/mol. The van der Waals surface area contributed by atoms with Gasteiger partial charge in [-0.2, -0.15) is 0 Å². The average Bonchev–Trinajstić information content (AvgIpc) is 3.18. The van der Waals surface area contributed by atoms with Gasteiger partial charge in [0.2, 0.25) is 5.76 Å². The second-order valence-corrected chi connectivity index (χ2v) is 9.21. The third-order valence-electron chi connectivity index (χ3n) is 6.47. The Morgan fingerprint density at radius 3 is 2.44 bits per heavy atom. The predicted octanol–water partition coefficient (Wildman–Crippen LogP) is 3.07. The number of carbonyl (C=O) groups excluding carboxylic acids is 1. The van der Waals surface area contributed by atoms with E-state index in [1.54, 1.807) is 36.3 Å². The molecule has 3 aromatic carbocycles. The lowest BCUT2D eigenvalue weighted by Gasteiger charge is -2.26. The summed E-state index contributed by atoms with van der Waals surface area (Å²) in [5, 5.41) is 0.462. The molecule has 1 aliphatic rings. The van der Waals surface area contributed by atoms with Gasteiger partial charge in [0.1, 0.15) is 12.2 Å². The molecule has 0 bridgehead atoms. The second kappa shape index (κ2) is 9.87. The van der Waals surface area contributed by atoms with E-state index in [-0.39, 0.29) is 17.1 Å². The van der Waals surface area contributed by atoms with Gasteiger partial charge in [0.05, 0.1) is 51.3 Å². The first-order chi connectivity index (χ1) is 17.5. The Balaban J connectivity index is 1.57. The van der Waals surface area contributed by atoms with Crippen LogP contribution in [0.2, 0.25) is 0 Å². The largest absolute Gasteiger partial charge is 0.493 e. The molecule has 0 radical (unpaired) electrons. The van der Waals surface area contributed by atoms with E-state index in [4.69, 9.17) is 13.9 Å². The Labute approximate surface area is 209 Å². The molecule has 0 spiro atoms. The monoisotopic (exact) mass is 485 g/mol. The number of hydrogen-bond donors (Lipinski definition) is 1. The summed E-state index contributed by atoms with van der Waals surface area (Å²) in [6.07, 6.45) is 0. The van der Waals surface area contributed by atoms with Crippen molar-refractivity contribution in [3.63, 3.8) is 0 Å². The van der Waals surface area contributed by atoms with Crippen molar-refractivity contribution in [1.29, 1.82) is 0 Å². The number of nitrogens with one attached hydrogen (secondary N) is 1. The van der Waals surface area contributed by atoms with Crippen molar-refractivity contribution in [3.8, 4) is 11.5 Å². The molecule has 1 aromatic heterocycles. The Bertz CT molecular complexity index is 1460. The lowest BCUT2D eigenvalue weighted by atomic mass is 9.98. The highest BCUT2D eigenvalue weighted by Gasteiger charge is 2.43. The van der Waals surface area contributed by atoms with Gasteiger partial charge in [0.15, 0.2) is 16.9 Å². The zero-order valence-corrected chi connectivity index (χ0v) is 20.6. The Kier molecular flexibility index (Phi) is 6.48. The molecule has 1 atom stereocenters. The van der Waals surface area contributed by atoms with E-state index in [0.717, 1.165) is 17.7 Å². The minimum atomic E-state index is -0.579. The van der Waals surface area contributed by atoms with Crippen molar-refractivity contribution < 1.29 is 23.6 Å². The highest BCUT2D eigenvalue weighted by molar-refractivity contribution is 5.99. The summed E-state index contributed by atoms with van der Waals surface area (Å²) in [5.74, 6) is 0.959. The number of likely N-dealkylation sites (N-methyl/N-ethyl adjacent to an activating group) is 1. The highest BCUT2D eigenvalue weighted by Crippen LogP contribution is 2.40. The first-order valence-corrected chi connectivity index (χ1v) is 12.0. The molecular weight excluding hydrogens is 456 g/mol. The van der Waals surface area contributed by atoms with Crippen LogP contribution in [-0.2, 0) is 6.61 Å². The van der Waals surface area contributed by atoms with E-state index in [0.29, 0.717) is 41.2 Å². The molecular formula is C29H29N2O5+. The molecule has 1 aliphatic heterocycles. The molecule has 7 heteroatoms. The third kappa shape index (κ3) is 4.33. The number of methoxy groups -OCH3 is 1. The van der Waals surface area contributed by atoms with Crippen LogP contribution in [-0.4, -0.2) is 45.1 Å². The maximum absolute atomic E-state index is 13.6. The van der Waals surface area contributed by atoms with Crippen LogP contribution in [0.15, 0.2) is 82.0 Å². The summed E-state index contributed by atoms with van der Waals surface area (Å²) in [6, 6.07) is 21.9. The Morgan fingerprint density at radius 1 is 0.944 bits per heavy atom. The number of para-hydroxylation sites is 1. The minimum absolute atomic E-state index is 0.112. The van der Waals surface area contributed by atoms with E-state index in [1.165, 1.54) is 4.90 Å². The van der Waals surface area contributed by atoms with Crippen molar-refractivity contribution in [2.24, 2.45) is 0 Å². The number of carbonyl (C=O) groups is 1. The fourth-order valence-electron chi connectivity index (χ4n) is 4.60. The zero-order chi connectivity index (χ0) is 25.2. The number of amides is 1. The summed E-state index contributed by atoms with van der Waals surface area (Å²) in [7, 11) is 5.64. The molecule has 7 nitrogen and oxygen atoms in total. The molecule has 184 valence electrons. The van der Waals surface area contributed by atoms with Crippen LogP contribution in [0.5, 0.6) is 11.5 Å². The maximum atomic E-state index is 13.6. The normalized spacial score (nSPS) is 14.9. The standard InChI is InChI=1S/C29H28N2O5/c1-30(2)15-16-31-26(25-27(32)21-11-7-8-12-22(21)36-28(25)29(31)33)20-13-14-23(24(17-20)34-3)35-18-19-9-5-4-6-10-19/h4-14,17,26H,15-16,18H2,1-3H3/p+1/t26-/m0/s1. The summed E-state index contributed by atoms with van der Waals surface area (Å²) >= 11 is 0. The van der Waals surface area contributed by atoms with Crippen LogP contribution < -0.4 is 19.8 Å². The van der Waals surface area contributed by atoms with Gasteiger partial charge in [-0.25, -0.2) is 0 Å². The molecule has 0 fully saturated rings. The van der Waals surface area contributed by atoms with Gasteiger partial charge in [-0.1, -0.05) is 48.5 Å². The highest BCUT2D eigenvalue weighted by atomic mass is 16.5. The average molecular weight is 486 g/mol. The molecule has 0 saturated carbocycles. The number of rotatable bonds is 8. The van der Waals surface area contributed by atoms with Gasteiger partial charge in [0.25, 0.3) is 5.91 Å². The molecule has 5 rings (SSSR count). The minimum Gasteiger partial charge on any atom is -0.493 e. The quantitative estimate of drug-likeness (QED) is 0.415. The SMILES string of the molecule is COc1cc([C@H]2c3c(oc4ccccc4c3=O)C(=O)N2CC[NH+](C)C)ccc1OCc1ccccc1. The summed E-state index contributed by atoms with van der Waals surface area (Å²) in [5.41, 5.74) is 2.40. The fraction of sp³-hybridized carbons (Fsp3) is 0.241. The van der Waals surface area contributed by atoms with Gasteiger partial charge < -0.3 is 23.7 Å². The van der Waals surface area contributed by atoms with Crippen molar-refractivity contribution in [2.45, 2.75) is 12.6 Å². The smallest absolute Gasteiger partial charge is 0.291 e. The number of hydrogen-bond acceptors (Lipinski definition) is 5. The molecule has 36 heavy (non-hydrogen) atoms. The van der Waals surface area contributed by atoms with Crippen molar-refractivity contribution in [1.82, 2.24) is 4.90 Å². The molecule has 0 saturated heterocycles. The van der Waals surface area contributed by atoms with E-state index < -0.39 is 6.04 Å². The number of ether oxygens (including phenoxy) is 2. The maximum Gasteiger partial charge on any atom is 0.291 e. The zero-order valence-electron chi connectivity index (χ0n) is 20.6. The lowest BCUT2D eigenvalue weighted by molar-refractivity contribution is -0.857. The van der Waals surface area contributed by atoms with Gasteiger partial charge in [-0.3, -0.25) is 9.59 Å². The van der Waals surface area contributed by atoms with Crippen LogP contribution in [0.1, 0.15) is 33.3 Å². The Hall–Kier alpha value is -4.10. The van der Waals surface area contributed by atoms with E-state index in [1.807, 2.05) is 62.6 Å². The number of nitrogens with zero attached hydrogens (tertiary/aromatic N) is 1. The second-order valence-electron chi connectivity index (χ2n) is 9.21. The van der Waals surface area contributed by atoms with Gasteiger partial charge in [-0.05, 0) is 35.4 Å².